The molecular weight excluding hydrogens is 348 g/mol. The van der Waals surface area contributed by atoms with Gasteiger partial charge in [-0.2, -0.15) is 8.78 Å². The van der Waals surface area contributed by atoms with Crippen LogP contribution < -0.4 is 5.32 Å². The van der Waals surface area contributed by atoms with Crippen LogP contribution in [0.2, 0.25) is 5.02 Å². The van der Waals surface area contributed by atoms with Crippen LogP contribution in [0.15, 0.2) is 58.3 Å². The summed E-state index contributed by atoms with van der Waals surface area (Å²) in [5, 5.41) is 3.29. The SMILES string of the molecule is O=C(CSc1ccc(Cl)cc1)Nc1ccccc1SC(F)F. The number of carbonyl (C=O) groups is 1. The van der Waals surface area contributed by atoms with Gasteiger partial charge >= 0.3 is 0 Å². The van der Waals surface area contributed by atoms with E-state index >= 15 is 0 Å². The molecule has 2 rings (SSSR count). The first-order chi connectivity index (χ1) is 10.5. The van der Waals surface area contributed by atoms with Crippen molar-refractivity contribution in [1.29, 1.82) is 0 Å². The fourth-order valence-corrected chi connectivity index (χ4v) is 3.05. The van der Waals surface area contributed by atoms with Crippen LogP contribution in [-0.2, 0) is 4.79 Å². The van der Waals surface area contributed by atoms with Crippen LogP contribution in [0.1, 0.15) is 0 Å². The highest BCUT2D eigenvalue weighted by Gasteiger charge is 2.11. The summed E-state index contributed by atoms with van der Waals surface area (Å²) >= 11 is 7.55. The van der Waals surface area contributed by atoms with E-state index in [2.05, 4.69) is 5.32 Å². The van der Waals surface area contributed by atoms with Crippen molar-refractivity contribution in [2.24, 2.45) is 0 Å². The molecular formula is C15H12ClF2NOS2. The normalized spacial score (nSPS) is 10.7. The Bertz CT molecular complexity index is 638. The molecule has 116 valence electrons. The van der Waals surface area contributed by atoms with Crippen molar-refractivity contribution in [3.8, 4) is 0 Å². The van der Waals surface area contributed by atoms with E-state index in [1.807, 2.05) is 12.1 Å². The van der Waals surface area contributed by atoms with E-state index in [4.69, 9.17) is 11.6 Å². The Morgan fingerprint density at radius 1 is 1.14 bits per heavy atom. The maximum absolute atomic E-state index is 12.5. The molecule has 2 nitrogen and oxygen atoms in total. The number of anilines is 1. The van der Waals surface area contributed by atoms with E-state index in [1.165, 1.54) is 11.8 Å². The second kappa shape index (κ2) is 8.41. The molecule has 7 heteroatoms. The van der Waals surface area contributed by atoms with Gasteiger partial charge in [-0.1, -0.05) is 35.5 Å². The van der Waals surface area contributed by atoms with Crippen LogP contribution in [0, 0.1) is 0 Å². The lowest BCUT2D eigenvalue weighted by molar-refractivity contribution is -0.113. The van der Waals surface area contributed by atoms with Crippen molar-refractivity contribution < 1.29 is 13.6 Å². The first-order valence-electron chi connectivity index (χ1n) is 6.26. The fraction of sp³-hybridized carbons (Fsp3) is 0.133. The number of halogens is 3. The third-order valence-electron chi connectivity index (χ3n) is 2.56. The van der Waals surface area contributed by atoms with Crippen molar-refractivity contribution in [1.82, 2.24) is 0 Å². The number of benzene rings is 2. The number of amides is 1. The van der Waals surface area contributed by atoms with Crippen molar-refractivity contribution in [2.45, 2.75) is 15.5 Å². The molecule has 0 radical (unpaired) electrons. The van der Waals surface area contributed by atoms with Crippen LogP contribution in [0.3, 0.4) is 0 Å². The molecule has 0 saturated carbocycles. The lowest BCUT2D eigenvalue weighted by Gasteiger charge is -2.10. The maximum Gasteiger partial charge on any atom is 0.288 e. The van der Waals surface area contributed by atoms with Gasteiger partial charge in [-0.25, -0.2) is 0 Å². The van der Waals surface area contributed by atoms with Gasteiger partial charge in [0.25, 0.3) is 5.76 Å². The number of para-hydroxylation sites is 1. The summed E-state index contributed by atoms with van der Waals surface area (Å²) in [4.78, 5) is 13.2. The van der Waals surface area contributed by atoms with Crippen LogP contribution in [0.25, 0.3) is 0 Å². The molecule has 2 aromatic rings. The van der Waals surface area contributed by atoms with Gasteiger partial charge in [-0.3, -0.25) is 4.79 Å². The van der Waals surface area contributed by atoms with Gasteiger partial charge in [0.15, 0.2) is 0 Å². The smallest absolute Gasteiger partial charge is 0.288 e. The predicted molar refractivity (Wildman–Crippen MR) is 89.1 cm³/mol. The molecule has 1 N–H and O–H groups in total. The molecule has 0 fully saturated rings. The summed E-state index contributed by atoms with van der Waals surface area (Å²) in [7, 11) is 0. The predicted octanol–water partition coefficient (Wildman–Crippen LogP) is 5.39. The lowest BCUT2D eigenvalue weighted by atomic mass is 10.3. The van der Waals surface area contributed by atoms with E-state index in [0.717, 1.165) is 4.90 Å². The number of carbonyl (C=O) groups excluding carboxylic acids is 1. The number of hydrogen-bond donors (Lipinski definition) is 1. The van der Waals surface area contributed by atoms with E-state index in [1.54, 1.807) is 36.4 Å². The van der Waals surface area contributed by atoms with Gasteiger partial charge < -0.3 is 5.32 Å². The number of nitrogens with one attached hydrogen (secondary N) is 1. The zero-order valence-electron chi connectivity index (χ0n) is 11.3. The molecule has 0 atom stereocenters. The van der Waals surface area contributed by atoms with Crippen molar-refractivity contribution in [2.75, 3.05) is 11.1 Å². The Morgan fingerprint density at radius 2 is 1.82 bits per heavy atom. The van der Waals surface area contributed by atoms with Gasteiger partial charge in [0.2, 0.25) is 5.91 Å². The Kier molecular flexibility index (Phi) is 6.54. The minimum Gasteiger partial charge on any atom is -0.324 e. The zero-order chi connectivity index (χ0) is 15.9. The Balaban J connectivity index is 1.93. The van der Waals surface area contributed by atoms with Crippen LogP contribution in [0.5, 0.6) is 0 Å². The summed E-state index contributed by atoms with van der Waals surface area (Å²) in [6.45, 7) is 0. The first kappa shape index (κ1) is 17.1. The van der Waals surface area contributed by atoms with E-state index in [-0.39, 0.29) is 11.7 Å². The summed E-state index contributed by atoms with van der Waals surface area (Å²) < 4.78 is 25.0. The summed E-state index contributed by atoms with van der Waals surface area (Å²) in [5.74, 6) is -2.58. The molecule has 0 saturated heterocycles. The maximum atomic E-state index is 12.5. The standard InChI is InChI=1S/C15H12ClF2NOS2/c16-10-5-7-11(8-6-10)21-9-14(20)19-12-3-1-2-4-13(12)22-15(17)18/h1-8,15H,9H2,(H,19,20). The van der Waals surface area contributed by atoms with Crippen LogP contribution in [-0.4, -0.2) is 17.4 Å². The fourth-order valence-electron chi connectivity index (χ4n) is 1.63. The number of rotatable bonds is 6. The zero-order valence-corrected chi connectivity index (χ0v) is 13.7. The molecule has 0 bridgehead atoms. The quantitative estimate of drug-likeness (QED) is 0.701. The van der Waals surface area contributed by atoms with Gasteiger partial charge in [0, 0.05) is 14.8 Å². The van der Waals surface area contributed by atoms with Gasteiger partial charge in [0.05, 0.1) is 11.4 Å². The van der Waals surface area contributed by atoms with E-state index < -0.39 is 5.76 Å². The van der Waals surface area contributed by atoms with Gasteiger partial charge in [-0.05, 0) is 36.4 Å². The molecule has 0 unspecified atom stereocenters. The molecule has 0 aliphatic heterocycles. The average molecular weight is 360 g/mol. The van der Waals surface area contributed by atoms with Crippen molar-refractivity contribution in [3.05, 3.63) is 53.6 Å². The highest BCUT2D eigenvalue weighted by atomic mass is 35.5. The molecule has 0 heterocycles. The topological polar surface area (TPSA) is 29.1 Å². The highest BCUT2D eigenvalue weighted by Crippen LogP contribution is 2.31. The van der Waals surface area contributed by atoms with Gasteiger partial charge in [0.1, 0.15) is 0 Å². The molecule has 0 spiro atoms. The number of alkyl halides is 2. The highest BCUT2D eigenvalue weighted by molar-refractivity contribution is 8.00. The largest absolute Gasteiger partial charge is 0.324 e. The molecule has 22 heavy (non-hydrogen) atoms. The molecule has 0 aliphatic rings. The Morgan fingerprint density at radius 3 is 2.50 bits per heavy atom. The third kappa shape index (κ3) is 5.51. The van der Waals surface area contributed by atoms with Crippen LogP contribution in [0.4, 0.5) is 14.5 Å². The second-order valence-corrected chi connectivity index (χ2v) is 6.68. The summed E-state index contributed by atoms with van der Waals surface area (Å²) in [6.07, 6.45) is 0. The second-order valence-electron chi connectivity index (χ2n) is 4.17. The van der Waals surface area contributed by atoms with Crippen molar-refractivity contribution in [3.63, 3.8) is 0 Å². The first-order valence-corrected chi connectivity index (χ1v) is 8.51. The minimum absolute atomic E-state index is 0.190. The lowest BCUT2D eigenvalue weighted by Crippen LogP contribution is -2.14. The molecule has 2 aromatic carbocycles. The van der Waals surface area contributed by atoms with Crippen molar-refractivity contribution >= 4 is 46.7 Å². The van der Waals surface area contributed by atoms with Gasteiger partial charge in [-0.15, -0.1) is 11.8 Å². The summed E-state index contributed by atoms with van der Waals surface area (Å²) in [5.41, 5.74) is 0.398. The van der Waals surface area contributed by atoms with E-state index in [9.17, 15) is 13.6 Å². The minimum atomic E-state index is -2.53. The van der Waals surface area contributed by atoms with E-state index in [0.29, 0.717) is 27.4 Å². The Hall–Kier alpha value is -1.24. The van der Waals surface area contributed by atoms with Crippen LogP contribution >= 0.6 is 35.1 Å². The molecule has 0 aromatic heterocycles. The molecule has 1 amide bonds. The Labute approximate surface area is 140 Å². The average Bonchev–Trinajstić information content (AvgIpc) is 2.48. The third-order valence-corrected chi connectivity index (χ3v) is 4.61. The monoisotopic (exact) mass is 359 g/mol. The number of thioether (sulfide) groups is 2. The number of hydrogen-bond acceptors (Lipinski definition) is 3. The summed E-state index contributed by atoms with van der Waals surface area (Å²) in [6, 6.07) is 13.6. The molecule has 0 aliphatic carbocycles.